The second-order valence-corrected chi connectivity index (χ2v) is 9.02. The van der Waals surface area contributed by atoms with Crippen LogP contribution < -0.4 is 0 Å². The highest BCUT2D eigenvalue weighted by molar-refractivity contribution is 5.89. The van der Waals surface area contributed by atoms with E-state index in [1.807, 2.05) is 62.4 Å². The zero-order valence-electron chi connectivity index (χ0n) is 20.8. The lowest BCUT2D eigenvalue weighted by Gasteiger charge is -2.14. The van der Waals surface area contributed by atoms with Crippen LogP contribution >= 0.6 is 0 Å². The summed E-state index contributed by atoms with van der Waals surface area (Å²) in [5.74, 6) is 1.53. The molecule has 0 N–H and O–H groups in total. The third-order valence-corrected chi connectivity index (χ3v) is 6.69. The van der Waals surface area contributed by atoms with Gasteiger partial charge in [0.05, 0.1) is 11.4 Å². The van der Waals surface area contributed by atoms with Crippen LogP contribution in [0.2, 0.25) is 0 Å². The van der Waals surface area contributed by atoms with Crippen molar-refractivity contribution in [3.8, 4) is 34.2 Å². The molecule has 0 aliphatic rings. The molecule has 8 heteroatoms. The molecule has 0 radical (unpaired) electrons. The van der Waals surface area contributed by atoms with E-state index in [1.54, 1.807) is 12.7 Å². The van der Waals surface area contributed by atoms with Crippen LogP contribution in [0.5, 0.6) is 0 Å². The first-order valence-electron chi connectivity index (χ1n) is 12.3. The summed E-state index contributed by atoms with van der Waals surface area (Å²) < 4.78 is 4.17. The molecule has 0 bridgehead atoms. The molecule has 0 spiro atoms. The summed E-state index contributed by atoms with van der Waals surface area (Å²) >= 11 is 0. The number of fused-ring (bicyclic) bond motifs is 2. The van der Waals surface area contributed by atoms with Crippen LogP contribution in [0.25, 0.3) is 56.5 Å². The molecule has 38 heavy (non-hydrogen) atoms. The number of para-hydroxylation sites is 2. The molecular formula is C30H22N8. The van der Waals surface area contributed by atoms with Gasteiger partial charge in [-0.05, 0) is 38.1 Å². The summed E-state index contributed by atoms with van der Waals surface area (Å²) in [5, 5.41) is 0. The highest BCUT2D eigenvalue weighted by Gasteiger charge is 2.24. The summed E-state index contributed by atoms with van der Waals surface area (Å²) in [6, 6.07) is 28.5. The van der Waals surface area contributed by atoms with Crippen molar-refractivity contribution in [1.82, 2.24) is 39.0 Å². The van der Waals surface area contributed by atoms with Crippen molar-refractivity contribution >= 4 is 22.3 Å². The predicted octanol–water partition coefficient (Wildman–Crippen LogP) is 5.90. The normalized spacial score (nSPS) is 11.4. The largest absolute Gasteiger partial charge is 0.277 e. The van der Waals surface area contributed by atoms with Crippen LogP contribution in [0.3, 0.4) is 0 Å². The zero-order chi connectivity index (χ0) is 25.6. The first-order chi connectivity index (χ1) is 18.7. The van der Waals surface area contributed by atoms with Crippen molar-refractivity contribution in [1.29, 1.82) is 0 Å². The van der Waals surface area contributed by atoms with Crippen LogP contribution in [0.4, 0.5) is 0 Å². The van der Waals surface area contributed by atoms with Crippen LogP contribution in [0.15, 0.2) is 97.6 Å². The van der Waals surface area contributed by atoms with E-state index in [9.17, 15) is 0 Å². The Morgan fingerprint density at radius 3 is 1.29 bits per heavy atom. The van der Waals surface area contributed by atoms with Crippen LogP contribution in [0, 0.1) is 13.8 Å². The highest BCUT2D eigenvalue weighted by atomic mass is 15.2. The lowest BCUT2D eigenvalue weighted by Crippen LogP contribution is -2.02. The van der Waals surface area contributed by atoms with Gasteiger partial charge in [0.15, 0.2) is 11.3 Å². The van der Waals surface area contributed by atoms with Gasteiger partial charge in [0.1, 0.15) is 35.3 Å². The van der Waals surface area contributed by atoms with E-state index < -0.39 is 0 Å². The fourth-order valence-corrected chi connectivity index (χ4v) is 4.89. The Balaban J connectivity index is 1.57. The molecule has 7 aromatic rings. The number of aryl methyl sites for hydroxylation is 2. The van der Waals surface area contributed by atoms with Gasteiger partial charge in [0.25, 0.3) is 0 Å². The van der Waals surface area contributed by atoms with E-state index in [0.717, 1.165) is 67.9 Å². The molecule has 0 unspecified atom stereocenters. The van der Waals surface area contributed by atoms with E-state index in [2.05, 4.69) is 65.5 Å². The Bertz CT molecular complexity index is 1800. The van der Waals surface area contributed by atoms with Gasteiger partial charge in [0, 0.05) is 22.5 Å². The maximum Gasteiger partial charge on any atom is 0.168 e. The molecule has 0 fully saturated rings. The summed E-state index contributed by atoms with van der Waals surface area (Å²) in [6.07, 6.45) is 3.18. The Morgan fingerprint density at radius 2 is 0.868 bits per heavy atom. The molecule has 0 atom stereocenters. The lowest BCUT2D eigenvalue weighted by atomic mass is 10.1. The smallest absolute Gasteiger partial charge is 0.168 e. The van der Waals surface area contributed by atoms with Gasteiger partial charge in [0.2, 0.25) is 0 Å². The van der Waals surface area contributed by atoms with E-state index in [1.165, 1.54) is 0 Å². The molecular weight excluding hydrogens is 472 g/mol. The molecule has 3 aromatic carbocycles. The first kappa shape index (κ1) is 22.0. The predicted molar refractivity (Wildman–Crippen MR) is 147 cm³/mol. The Morgan fingerprint density at radius 1 is 0.474 bits per heavy atom. The Hall–Kier alpha value is -5.24. The molecule has 0 saturated heterocycles. The minimum atomic E-state index is 0.756. The van der Waals surface area contributed by atoms with E-state index in [-0.39, 0.29) is 0 Å². The summed E-state index contributed by atoms with van der Waals surface area (Å²) in [4.78, 5) is 28.2. The number of aromatic nitrogens is 8. The highest BCUT2D eigenvalue weighted by Crippen LogP contribution is 2.37. The van der Waals surface area contributed by atoms with Gasteiger partial charge in [-0.25, -0.2) is 29.9 Å². The molecule has 8 nitrogen and oxygen atoms in total. The third-order valence-electron chi connectivity index (χ3n) is 6.69. The molecule has 0 aliphatic heterocycles. The Labute approximate surface area is 218 Å². The Kier molecular flexibility index (Phi) is 5.04. The fraction of sp³-hybridized carbons (Fsp3) is 0.0667. The van der Waals surface area contributed by atoms with Crippen molar-refractivity contribution < 1.29 is 0 Å². The number of rotatable bonds is 4. The first-order valence-corrected chi connectivity index (χ1v) is 12.3. The zero-order valence-corrected chi connectivity index (χ0v) is 20.8. The summed E-state index contributed by atoms with van der Waals surface area (Å²) in [7, 11) is 0. The van der Waals surface area contributed by atoms with E-state index >= 15 is 0 Å². The lowest BCUT2D eigenvalue weighted by molar-refractivity contribution is 1.05. The van der Waals surface area contributed by atoms with Crippen molar-refractivity contribution in [2.24, 2.45) is 0 Å². The average Bonchev–Trinajstić information content (AvgIpc) is 3.55. The molecule has 182 valence electrons. The monoisotopic (exact) mass is 494 g/mol. The van der Waals surface area contributed by atoms with Gasteiger partial charge in [-0.3, -0.25) is 9.13 Å². The van der Waals surface area contributed by atoms with Gasteiger partial charge in [-0.2, -0.15) is 0 Å². The fourth-order valence-electron chi connectivity index (χ4n) is 4.89. The van der Waals surface area contributed by atoms with Crippen molar-refractivity contribution in [2.75, 3.05) is 0 Å². The maximum atomic E-state index is 5.09. The van der Waals surface area contributed by atoms with Crippen LogP contribution in [0.1, 0.15) is 11.4 Å². The molecule has 0 aliphatic carbocycles. The quantitative estimate of drug-likeness (QED) is 0.303. The standard InChI is InChI=1S/C30H22N8/c1-19-25-29(33-17-31-19)37(21-11-5-3-6-12-21)27(35-25)23-15-9-10-16-24(23)28-36-26-20(2)32-18-34-30(26)38(28)22-13-7-4-8-14-22/h3-18H,1-2H3. The maximum absolute atomic E-state index is 5.09. The SMILES string of the molecule is Cc1ncnc2c1nc(-c1ccccc1-c1nc3c(C)ncnc3n1-c1ccccc1)n2-c1ccccc1. The number of nitrogens with zero attached hydrogens (tertiary/aromatic N) is 8. The van der Waals surface area contributed by atoms with E-state index in [0.29, 0.717) is 0 Å². The molecule has 0 saturated carbocycles. The second kappa shape index (κ2) is 8.70. The number of hydrogen-bond acceptors (Lipinski definition) is 6. The second-order valence-electron chi connectivity index (χ2n) is 9.02. The molecule has 7 rings (SSSR count). The molecule has 4 heterocycles. The van der Waals surface area contributed by atoms with Gasteiger partial charge < -0.3 is 0 Å². The van der Waals surface area contributed by atoms with Gasteiger partial charge in [-0.1, -0.05) is 60.7 Å². The van der Waals surface area contributed by atoms with Gasteiger partial charge in [-0.15, -0.1) is 0 Å². The average molecular weight is 495 g/mol. The van der Waals surface area contributed by atoms with Crippen LogP contribution in [-0.2, 0) is 0 Å². The van der Waals surface area contributed by atoms with E-state index in [4.69, 9.17) is 9.97 Å². The third kappa shape index (κ3) is 3.38. The number of hydrogen-bond donors (Lipinski definition) is 0. The molecule has 4 aromatic heterocycles. The van der Waals surface area contributed by atoms with Crippen molar-refractivity contribution in [3.05, 3.63) is 109 Å². The minimum absolute atomic E-state index is 0.756. The number of imidazole rings is 2. The minimum Gasteiger partial charge on any atom is -0.277 e. The summed E-state index contributed by atoms with van der Waals surface area (Å²) in [6.45, 7) is 3.91. The number of benzene rings is 3. The van der Waals surface area contributed by atoms with Gasteiger partial charge >= 0.3 is 0 Å². The topological polar surface area (TPSA) is 87.2 Å². The van der Waals surface area contributed by atoms with Crippen LogP contribution in [-0.4, -0.2) is 39.0 Å². The summed E-state index contributed by atoms with van der Waals surface area (Å²) in [5.41, 5.74) is 8.47. The van der Waals surface area contributed by atoms with Crippen molar-refractivity contribution in [3.63, 3.8) is 0 Å². The molecule has 0 amide bonds. The van der Waals surface area contributed by atoms with Crippen molar-refractivity contribution in [2.45, 2.75) is 13.8 Å².